The summed E-state index contributed by atoms with van der Waals surface area (Å²) in [4.78, 5) is 89.9. The lowest BCUT2D eigenvalue weighted by Crippen LogP contribution is -2.40. The van der Waals surface area contributed by atoms with Gasteiger partial charge >= 0.3 is 25.7 Å². The van der Waals surface area contributed by atoms with Gasteiger partial charge in [0.05, 0.1) is 25.9 Å². The molecular formula is C38H56N12O15P2S4. The minimum Gasteiger partial charge on any atom is -0.444 e. The van der Waals surface area contributed by atoms with Crippen molar-refractivity contribution in [2.75, 3.05) is 64.2 Å². The van der Waals surface area contributed by atoms with Gasteiger partial charge in [-0.05, 0) is 64.7 Å². The molecule has 4 aromatic rings. The van der Waals surface area contributed by atoms with E-state index >= 15 is 0 Å². The topological polar surface area (TPSA) is 341 Å². The van der Waals surface area contributed by atoms with Crippen molar-refractivity contribution in [2.24, 2.45) is 0 Å². The summed E-state index contributed by atoms with van der Waals surface area (Å²) in [6.45, 7) is -0.0437. The van der Waals surface area contributed by atoms with E-state index in [2.05, 4.69) is 29.9 Å². The number of amides is 2. The molecule has 3 aliphatic rings. The summed E-state index contributed by atoms with van der Waals surface area (Å²) >= 11 is 10.9. The highest BCUT2D eigenvalue weighted by atomic mass is 33.1. The molecule has 0 radical (unpaired) electrons. The van der Waals surface area contributed by atoms with Crippen LogP contribution in [0.3, 0.4) is 0 Å². The Morgan fingerprint density at radius 3 is 1.99 bits per heavy atom. The number of fused-ring (bicyclic) bond motifs is 5. The Morgan fingerprint density at radius 2 is 1.38 bits per heavy atom. The number of rotatable bonds is 14. The van der Waals surface area contributed by atoms with Gasteiger partial charge in [-0.15, -0.1) is 0 Å². The standard InChI is InChI=1S/C38H56N12O15P2S4/c1-37(2,3)63-35(53)48(7)11-10-47(6)22(51)8-9-38(4,5)71-70-13-12-57-36(54)62-28-26-21(61-34(28)50-19-46-24-30(40)42-17-44-32(24)50)15-59-67(56,69)65-27-25(52)20(14-58-66(55,68)64-26)60-33(27)49-18-45-23-29(39)41-16-43-31(23)49/h16-21,25-28,33-34,52H,8-15H2,1-7H3,(H,55,68)(H,56,69)(H2,39,41,43)(H2,40,42,44)/t20-,21-,25-,26-,27-,28-,33-,34-,66?,67?/m1/s1. The van der Waals surface area contributed by atoms with Crippen molar-refractivity contribution < 1.29 is 71.1 Å². The van der Waals surface area contributed by atoms with Crippen LogP contribution in [0.1, 0.15) is 59.9 Å². The number of nitrogens with zero attached hydrogens (tertiary/aromatic N) is 10. The van der Waals surface area contributed by atoms with E-state index in [0.717, 1.165) is 0 Å². The average molecular weight is 1110 g/mol. The summed E-state index contributed by atoms with van der Waals surface area (Å²) in [6, 6.07) is 0. The van der Waals surface area contributed by atoms with Gasteiger partial charge in [-0.3, -0.25) is 23.0 Å². The molecule has 2 bridgehead atoms. The van der Waals surface area contributed by atoms with Crippen LogP contribution in [0.2, 0.25) is 0 Å². The van der Waals surface area contributed by atoms with E-state index in [1.165, 1.54) is 60.9 Å². The number of nitrogen functional groups attached to an aromatic ring is 2. The Labute approximate surface area is 425 Å². The molecule has 4 aromatic heterocycles. The van der Waals surface area contributed by atoms with Crippen LogP contribution in [0, 0.1) is 0 Å². The maximum Gasteiger partial charge on any atom is 0.508 e. The molecular weight excluding hydrogens is 1050 g/mol. The van der Waals surface area contributed by atoms with Crippen molar-refractivity contribution >= 4 is 111 Å². The van der Waals surface area contributed by atoms with E-state index in [-0.39, 0.29) is 57.6 Å². The number of carbonyl (C=O) groups is 3. The molecule has 0 saturated carbocycles. The van der Waals surface area contributed by atoms with Crippen molar-refractivity contribution in [3.63, 3.8) is 0 Å². The van der Waals surface area contributed by atoms with Gasteiger partial charge in [0.25, 0.3) is 0 Å². The lowest BCUT2D eigenvalue weighted by Gasteiger charge is -2.29. The fraction of sp³-hybridized carbons (Fsp3) is 0.658. The fourth-order valence-corrected chi connectivity index (χ4v) is 12.6. The van der Waals surface area contributed by atoms with Crippen LogP contribution in [-0.4, -0.2) is 182 Å². The van der Waals surface area contributed by atoms with Gasteiger partial charge < -0.3 is 68.9 Å². The van der Waals surface area contributed by atoms with E-state index in [1.54, 1.807) is 39.8 Å². The largest absolute Gasteiger partial charge is 0.508 e. The summed E-state index contributed by atoms with van der Waals surface area (Å²) in [5.74, 6) is 0.350. The summed E-state index contributed by atoms with van der Waals surface area (Å²) in [7, 11) is 6.23. The summed E-state index contributed by atoms with van der Waals surface area (Å²) in [6.07, 6.45) is -6.98. The molecule has 0 aliphatic carbocycles. The number of hydrogen-bond donors (Lipinski definition) is 5. The molecule has 3 aliphatic heterocycles. The van der Waals surface area contributed by atoms with Gasteiger partial charge in [0, 0.05) is 44.1 Å². The van der Waals surface area contributed by atoms with Crippen LogP contribution in [0.25, 0.3) is 22.3 Å². The molecule has 2 amide bonds. The molecule has 3 saturated heterocycles. The van der Waals surface area contributed by atoms with Gasteiger partial charge in [0.1, 0.15) is 66.4 Å². The van der Waals surface area contributed by atoms with Gasteiger partial charge in [-0.1, -0.05) is 21.6 Å². The van der Waals surface area contributed by atoms with Crippen LogP contribution in [-0.2, 0) is 70.2 Å². The monoisotopic (exact) mass is 1110 g/mol. The van der Waals surface area contributed by atoms with E-state index in [0.29, 0.717) is 25.3 Å². The molecule has 7 N–H and O–H groups in total. The molecule has 392 valence electrons. The van der Waals surface area contributed by atoms with Crippen molar-refractivity contribution in [3.05, 3.63) is 25.3 Å². The smallest absolute Gasteiger partial charge is 0.444 e. The molecule has 7 rings (SSSR count). The van der Waals surface area contributed by atoms with Crippen molar-refractivity contribution in [1.29, 1.82) is 0 Å². The van der Waals surface area contributed by atoms with Crippen LogP contribution in [0.4, 0.5) is 21.2 Å². The molecule has 7 heterocycles. The second-order valence-corrected chi connectivity index (χ2v) is 26.7. The first-order chi connectivity index (χ1) is 33.3. The number of anilines is 2. The number of likely N-dealkylation sites (N-methyl/N-ethyl adjacent to an activating group) is 2. The minimum atomic E-state index is -4.38. The second kappa shape index (κ2) is 22.4. The molecule has 71 heavy (non-hydrogen) atoms. The number of aliphatic hydroxyl groups is 1. The number of nitrogens with two attached hydrogens (primary N) is 2. The summed E-state index contributed by atoms with van der Waals surface area (Å²) in [5, 5.41) is 11.5. The molecule has 33 heteroatoms. The minimum absolute atomic E-state index is 0.0396. The molecule has 3 fully saturated rings. The molecule has 27 nitrogen and oxygen atoms in total. The number of ether oxygens (including phenoxy) is 5. The number of hydrogen-bond acceptors (Lipinski definition) is 25. The lowest BCUT2D eigenvalue weighted by molar-refractivity contribution is -0.130. The zero-order valence-electron chi connectivity index (χ0n) is 39.5. The van der Waals surface area contributed by atoms with Gasteiger partial charge in [0.15, 0.2) is 41.5 Å². The van der Waals surface area contributed by atoms with Crippen LogP contribution >= 0.6 is 35.0 Å². The van der Waals surface area contributed by atoms with Crippen LogP contribution < -0.4 is 11.5 Å². The maximum absolute atomic E-state index is 13.5. The third-order valence-corrected chi connectivity index (χ3v) is 17.4. The Balaban J connectivity index is 1.00. The van der Waals surface area contributed by atoms with Crippen LogP contribution in [0.15, 0.2) is 25.3 Å². The highest BCUT2D eigenvalue weighted by Crippen LogP contribution is 2.54. The van der Waals surface area contributed by atoms with E-state index in [4.69, 9.17) is 76.9 Å². The van der Waals surface area contributed by atoms with Gasteiger partial charge in [-0.2, -0.15) is 0 Å². The van der Waals surface area contributed by atoms with Gasteiger partial charge in [0.2, 0.25) is 5.91 Å². The fourth-order valence-electron chi connectivity index (χ4n) is 7.33. The van der Waals surface area contributed by atoms with Crippen molar-refractivity contribution in [3.8, 4) is 0 Å². The Kier molecular flexibility index (Phi) is 17.4. The third kappa shape index (κ3) is 13.8. The zero-order valence-corrected chi connectivity index (χ0v) is 44.5. The van der Waals surface area contributed by atoms with E-state index in [1.807, 2.05) is 13.8 Å². The van der Waals surface area contributed by atoms with E-state index in [9.17, 15) is 29.3 Å². The first kappa shape index (κ1) is 55.1. The Bertz CT molecular complexity index is 2670. The van der Waals surface area contributed by atoms with Crippen molar-refractivity contribution in [1.82, 2.24) is 48.8 Å². The summed E-state index contributed by atoms with van der Waals surface area (Å²) < 4.78 is 55.2. The third-order valence-electron chi connectivity index (χ3n) is 11.0. The normalized spacial score (nSPS) is 28.4. The quantitative estimate of drug-likeness (QED) is 0.0524. The zero-order chi connectivity index (χ0) is 51.6. The average Bonchev–Trinajstić information content (AvgIpc) is 4.07. The maximum atomic E-state index is 13.5. The number of aromatic nitrogens is 8. The number of imidazole rings is 2. The highest BCUT2D eigenvalue weighted by Gasteiger charge is 2.54. The van der Waals surface area contributed by atoms with Crippen molar-refractivity contribution in [2.45, 2.75) is 107 Å². The highest BCUT2D eigenvalue weighted by molar-refractivity contribution is 8.77. The molecule has 10 atom stereocenters. The number of carbonyl (C=O) groups excluding carboxylic acids is 3. The lowest BCUT2D eigenvalue weighted by atomic mass is 10.1. The predicted molar refractivity (Wildman–Crippen MR) is 264 cm³/mol. The predicted octanol–water partition coefficient (Wildman–Crippen LogP) is 3.02. The van der Waals surface area contributed by atoms with Gasteiger partial charge in [-0.25, -0.2) is 39.5 Å². The molecule has 2 unspecified atom stereocenters. The first-order valence-electron chi connectivity index (χ1n) is 21.8. The summed E-state index contributed by atoms with van der Waals surface area (Å²) in [5.41, 5.74) is 12.2. The van der Waals surface area contributed by atoms with E-state index < -0.39 is 93.6 Å². The number of aliphatic hydroxyl groups excluding tert-OH is 1. The second-order valence-electron chi connectivity index (χ2n) is 18.0. The molecule has 0 aromatic carbocycles. The van der Waals surface area contributed by atoms with Crippen LogP contribution in [0.5, 0.6) is 0 Å². The Hall–Kier alpha value is -3.65. The SMILES string of the molecule is CN(CCN(C)C(=O)OC(C)(C)C)C(=O)CCC(C)(C)SSCCOC(=O)O[C@@H]1[C@@H]2OP(O)(=S)OC[C@H]3O[C@@H](n4cnc5c(N)ncnc54)[C@H](OP(O)(=S)OC[C@H]2O[C@H]1n1cnc2c(N)ncnc21)[C@@H]3O. The molecule has 0 spiro atoms. The Morgan fingerprint density at radius 1 is 0.831 bits per heavy atom. The first-order valence-corrected chi connectivity index (χ1v) is 29.3.